The Morgan fingerprint density at radius 2 is 1.70 bits per heavy atom. The number of hydrogen-bond donors (Lipinski definition) is 1. The SMILES string of the molecule is COC(=O)N(c1cc2cc(-c3ccc(F)cc3)ccc2o1)[C@H](Cc1ccc(Br)cc1)C(=O)O. The zero-order chi connectivity index (χ0) is 23.5. The van der Waals surface area contributed by atoms with Crippen molar-refractivity contribution < 1.29 is 28.2 Å². The molecule has 6 nitrogen and oxygen atoms in total. The first kappa shape index (κ1) is 22.5. The number of hydrogen-bond acceptors (Lipinski definition) is 4. The van der Waals surface area contributed by atoms with Crippen LogP contribution >= 0.6 is 15.9 Å². The second-order valence-electron chi connectivity index (χ2n) is 7.37. The number of anilines is 1. The summed E-state index contributed by atoms with van der Waals surface area (Å²) in [7, 11) is 1.18. The van der Waals surface area contributed by atoms with Crippen LogP contribution in [0.5, 0.6) is 0 Å². The van der Waals surface area contributed by atoms with E-state index in [0.717, 1.165) is 26.1 Å². The van der Waals surface area contributed by atoms with Crippen LogP contribution in [0.2, 0.25) is 0 Å². The number of nitrogens with zero attached hydrogens (tertiary/aromatic N) is 1. The number of ether oxygens (including phenoxy) is 1. The van der Waals surface area contributed by atoms with E-state index in [1.807, 2.05) is 12.1 Å². The van der Waals surface area contributed by atoms with Crippen molar-refractivity contribution in [1.29, 1.82) is 0 Å². The fourth-order valence-electron chi connectivity index (χ4n) is 3.57. The van der Waals surface area contributed by atoms with E-state index in [2.05, 4.69) is 15.9 Å². The third kappa shape index (κ3) is 4.90. The molecular weight excluding hydrogens is 493 g/mol. The van der Waals surface area contributed by atoms with Gasteiger partial charge in [0.05, 0.1) is 7.11 Å². The molecule has 3 aromatic carbocycles. The summed E-state index contributed by atoms with van der Waals surface area (Å²) in [6.07, 6.45) is -0.799. The highest BCUT2D eigenvalue weighted by atomic mass is 79.9. The van der Waals surface area contributed by atoms with Crippen LogP contribution in [-0.2, 0) is 16.0 Å². The minimum atomic E-state index is -1.25. The van der Waals surface area contributed by atoms with Crippen LogP contribution in [0.4, 0.5) is 15.1 Å². The van der Waals surface area contributed by atoms with Gasteiger partial charge in [0, 0.05) is 22.3 Å². The van der Waals surface area contributed by atoms with E-state index in [0.29, 0.717) is 11.0 Å². The smallest absolute Gasteiger partial charge is 0.417 e. The Morgan fingerprint density at radius 3 is 2.33 bits per heavy atom. The lowest BCUT2D eigenvalue weighted by Crippen LogP contribution is -2.46. The average Bonchev–Trinajstić information content (AvgIpc) is 3.23. The van der Waals surface area contributed by atoms with Gasteiger partial charge in [-0.15, -0.1) is 0 Å². The maximum atomic E-state index is 13.3. The van der Waals surface area contributed by atoms with Gasteiger partial charge >= 0.3 is 12.1 Å². The lowest BCUT2D eigenvalue weighted by Gasteiger charge is -2.25. The lowest BCUT2D eigenvalue weighted by atomic mass is 10.0. The Labute approximate surface area is 197 Å². The Balaban J connectivity index is 1.72. The van der Waals surface area contributed by atoms with Crippen LogP contribution < -0.4 is 4.90 Å². The molecule has 4 aromatic rings. The molecule has 0 aliphatic carbocycles. The molecule has 4 rings (SSSR count). The molecule has 0 spiro atoms. The van der Waals surface area contributed by atoms with Crippen molar-refractivity contribution in [3.05, 3.63) is 88.6 Å². The topological polar surface area (TPSA) is 80.0 Å². The number of carbonyl (C=O) groups excluding carboxylic acids is 1. The average molecular weight is 512 g/mol. The number of methoxy groups -OCH3 is 1. The number of carbonyl (C=O) groups is 2. The van der Waals surface area contributed by atoms with Crippen molar-refractivity contribution in [1.82, 2.24) is 0 Å². The van der Waals surface area contributed by atoms with Crippen molar-refractivity contribution in [2.24, 2.45) is 0 Å². The van der Waals surface area contributed by atoms with Gasteiger partial charge < -0.3 is 14.3 Å². The van der Waals surface area contributed by atoms with E-state index in [1.54, 1.807) is 48.5 Å². The van der Waals surface area contributed by atoms with Gasteiger partial charge in [0.15, 0.2) is 0 Å². The van der Waals surface area contributed by atoms with Crippen LogP contribution in [0, 0.1) is 5.82 Å². The number of aliphatic carboxylic acids is 1. The summed E-state index contributed by atoms with van der Waals surface area (Å²) < 4.78 is 24.8. The predicted molar refractivity (Wildman–Crippen MR) is 126 cm³/mol. The fraction of sp³-hybridized carbons (Fsp3) is 0.120. The third-order valence-corrected chi connectivity index (χ3v) is 5.76. The second-order valence-corrected chi connectivity index (χ2v) is 8.28. The summed E-state index contributed by atoms with van der Waals surface area (Å²) in [5, 5.41) is 10.6. The highest BCUT2D eigenvalue weighted by Crippen LogP contribution is 2.32. The van der Waals surface area contributed by atoms with E-state index in [4.69, 9.17) is 9.15 Å². The van der Waals surface area contributed by atoms with Crippen LogP contribution in [0.25, 0.3) is 22.1 Å². The predicted octanol–water partition coefficient (Wildman–Crippen LogP) is 6.27. The Kier molecular flexibility index (Phi) is 6.46. The quantitative estimate of drug-likeness (QED) is 0.330. The van der Waals surface area contributed by atoms with E-state index >= 15 is 0 Å². The molecule has 0 unspecified atom stereocenters. The minimum Gasteiger partial charge on any atom is -0.480 e. The highest BCUT2D eigenvalue weighted by molar-refractivity contribution is 9.10. The minimum absolute atomic E-state index is 0.0512. The number of carboxylic acids is 1. The molecule has 1 heterocycles. The van der Waals surface area contributed by atoms with Crippen LogP contribution in [0.15, 0.2) is 81.7 Å². The van der Waals surface area contributed by atoms with E-state index in [9.17, 15) is 19.1 Å². The van der Waals surface area contributed by atoms with E-state index < -0.39 is 18.1 Å². The van der Waals surface area contributed by atoms with Gasteiger partial charge in [-0.2, -0.15) is 0 Å². The number of halogens is 2. The molecule has 0 fully saturated rings. The molecule has 0 aliphatic heterocycles. The second kappa shape index (κ2) is 9.46. The maximum absolute atomic E-state index is 13.3. The molecule has 1 atom stereocenters. The van der Waals surface area contributed by atoms with Gasteiger partial charge in [-0.1, -0.05) is 46.3 Å². The standard InChI is InChI=1S/C25H19BrFNO5/c1-32-25(31)28(21(24(29)30)12-15-2-7-19(26)8-3-15)23-14-18-13-17(6-11-22(18)33-23)16-4-9-20(27)10-5-16/h2-11,13-14,21H,12H2,1H3,(H,29,30)/t21-/m1/s1. The molecule has 1 N–H and O–H groups in total. The van der Waals surface area contributed by atoms with Crippen LogP contribution in [0.1, 0.15) is 5.56 Å². The molecule has 168 valence electrons. The molecule has 1 aromatic heterocycles. The number of benzene rings is 3. The molecule has 0 bridgehead atoms. The van der Waals surface area contributed by atoms with Gasteiger partial charge in [0.1, 0.15) is 17.4 Å². The summed E-state index contributed by atoms with van der Waals surface area (Å²) in [6, 6.07) is 18.9. The zero-order valence-electron chi connectivity index (χ0n) is 17.5. The first-order valence-electron chi connectivity index (χ1n) is 9.99. The first-order chi connectivity index (χ1) is 15.9. The fourth-order valence-corrected chi connectivity index (χ4v) is 3.84. The Bertz CT molecular complexity index is 1300. The summed E-state index contributed by atoms with van der Waals surface area (Å²) in [5.74, 6) is -1.47. The van der Waals surface area contributed by atoms with Crippen LogP contribution in [0.3, 0.4) is 0 Å². The van der Waals surface area contributed by atoms with Crippen molar-refractivity contribution in [3.63, 3.8) is 0 Å². The largest absolute Gasteiger partial charge is 0.480 e. The summed E-state index contributed by atoms with van der Waals surface area (Å²) in [5.41, 5.74) is 2.83. The van der Waals surface area contributed by atoms with Crippen LogP contribution in [-0.4, -0.2) is 30.3 Å². The summed E-state index contributed by atoms with van der Waals surface area (Å²) in [6.45, 7) is 0. The molecule has 0 saturated carbocycles. The monoisotopic (exact) mass is 511 g/mol. The lowest BCUT2D eigenvalue weighted by molar-refractivity contribution is -0.138. The third-order valence-electron chi connectivity index (χ3n) is 5.23. The first-order valence-corrected chi connectivity index (χ1v) is 10.8. The molecule has 1 amide bonds. The van der Waals surface area contributed by atoms with Gasteiger partial charge in [0.25, 0.3) is 0 Å². The van der Waals surface area contributed by atoms with E-state index in [-0.39, 0.29) is 18.1 Å². The molecular formula is C25H19BrFNO5. The molecule has 0 saturated heterocycles. The van der Waals surface area contributed by atoms with E-state index in [1.165, 1.54) is 19.2 Å². The van der Waals surface area contributed by atoms with Gasteiger partial charge in [-0.05, 0) is 53.1 Å². The number of furan rings is 1. The maximum Gasteiger partial charge on any atom is 0.417 e. The summed E-state index contributed by atoms with van der Waals surface area (Å²) >= 11 is 3.35. The number of carboxylic acid groups (broad SMARTS) is 1. The molecule has 33 heavy (non-hydrogen) atoms. The van der Waals surface area contributed by atoms with Gasteiger partial charge in [0.2, 0.25) is 5.88 Å². The Hall–Kier alpha value is -3.65. The number of rotatable bonds is 6. The molecule has 0 radical (unpaired) electrons. The van der Waals surface area contributed by atoms with Crippen molar-refractivity contribution >= 4 is 44.8 Å². The number of fused-ring (bicyclic) bond motifs is 1. The van der Waals surface area contributed by atoms with Crippen molar-refractivity contribution in [2.75, 3.05) is 12.0 Å². The van der Waals surface area contributed by atoms with Crippen molar-refractivity contribution in [3.8, 4) is 11.1 Å². The normalized spacial score (nSPS) is 11.8. The number of amides is 1. The Morgan fingerprint density at radius 1 is 1.03 bits per heavy atom. The molecule has 8 heteroatoms. The van der Waals surface area contributed by atoms with Gasteiger partial charge in [-0.25, -0.2) is 18.9 Å². The molecule has 0 aliphatic rings. The highest BCUT2D eigenvalue weighted by Gasteiger charge is 2.34. The van der Waals surface area contributed by atoms with Gasteiger partial charge in [-0.3, -0.25) is 0 Å². The summed E-state index contributed by atoms with van der Waals surface area (Å²) in [4.78, 5) is 25.8. The zero-order valence-corrected chi connectivity index (χ0v) is 19.1. The van der Waals surface area contributed by atoms with Crippen molar-refractivity contribution in [2.45, 2.75) is 12.5 Å².